The van der Waals surface area contributed by atoms with Gasteiger partial charge in [-0.2, -0.15) is 11.3 Å². The molecule has 17 heavy (non-hydrogen) atoms. The summed E-state index contributed by atoms with van der Waals surface area (Å²) in [5, 5.41) is 12.6. The van der Waals surface area contributed by atoms with Crippen molar-refractivity contribution in [2.75, 3.05) is 13.1 Å². The fourth-order valence-electron chi connectivity index (χ4n) is 1.53. The minimum atomic E-state index is -0.867. The molecule has 0 aliphatic rings. The molecule has 0 atom stereocenters. The molecule has 0 aliphatic carbocycles. The first-order valence-corrected chi connectivity index (χ1v) is 6.58. The van der Waals surface area contributed by atoms with Crippen LogP contribution in [0.25, 0.3) is 0 Å². The molecule has 1 amide bonds. The number of thiophene rings is 1. The van der Waals surface area contributed by atoms with Crippen LogP contribution in [-0.4, -0.2) is 35.0 Å². The molecule has 1 aromatic heterocycles. The van der Waals surface area contributed by atoms with Gasteiger partial charge in [0, 0.05) is 19.5 Å². The summed E-state index contributed by atoms with van der Waals surface area (Å²) in [6.45, 7) is 2.73. The molecule has 0 radical (unpaired) electrons. The molecule has 0 fully saturated rings. The van der Waals surface area contributed by atoms with Gasteiger partial charge >= 0.3 is 5.97 Å². The largest absolute Gasteiger partial charge is 0.481 e. The van der Waals surface area contributed by atoms with Gasteiger partial charge in [-0.25, -0.2) is 0 Å². The van der Waals surface area contributed by atoms with Crippen LogP contribution in [0.4, 0.5) is 0 Å². The van der Waals surface area contributed by atoms with Gasteiger partial charge in [0.1, 0.15) is 0 Å². The normalized spacial score (nSPS) is 10.2. The molecule has 1 rings (SSSR count). The Balaban J connectivity index is 2.35. The zero-order chi connectivity index (χ0) is 12.7. The summed E-state index contributed by atoms with van der Waals surface area (Å²) in [5.74, 6) is -0.839. The Hall–Kier alpha value is -1.36. The van der Waals surface area contributed by atoms with Crippen LogP contribution in [0.15, 0.2) is 16.8 Å². The van der Waals surface area contributed by atoms with Crippen LogP contribution in [0, 0.1) is 0 Å². The number of nitrogens with zero attached hydrogens (tertiary/aromatic N) is 1. The Morgan fingerprint density at radius 1 is 1.41 bits per heavy atom. The zero-order valence-electron chi connectivity index (χ0n) is 9.89. The van der Waals surface area contributed by atoms with Crippen LogP contribution in [0.1, 0.15) is 25.3 Å². The maximum atomic E-state index is 11.8. The van der Waals surface area contributed by atoms with Gasteiger partial charge in [-0.1, -0.05) is 0 Å². The van der Waals surface area contributed by atoms with Gasteiger partial charge < -0.3 is 10.0 Å². The topological polar surface area (TPSA) is 57.6 Å². The molecule has 0 bridgehead atoms. The van der Waals surface area contributed by atoms with E-state index in [2.05, 4.69) is 0 Å². The first kappa shape index (κ1) is 13.7. The predicted octanol–water partition coefficient (Wildman–Crippen LogP) is 2.00. The monoisotopic (exact) mass is 255 g/mol. The van der Waals surface area contributed by atoms with Crippen LogP contribution >= 0.6 is 11.3 Å². The summed E-state index contributed by atoms with van der Waals surface area (Å²) in [6.07, 6.45) is 1.19. The van der Waals surface area contributed by atoms with E-state index < -0.39 is 5.97 Å². The molecule has 1 aromatic rings. The molecule has 94 valence electrons. The third kappa shape index (κ3) is 4.99. The van der Waals surface area contributed by atoms with E-state index in [1.54, 1.807) is 16.2 Å². The van der Waals surface area contributed by atoms with Crippen LogP contribution in [0.3, 0.4) is 0 Å². The Bertz CT molecular complexity index is 362. The molecule has 0 unspecified atom stereocenters. The number of hydrogen-bond acceptors (Lipinski definition) is 3. The van der Waals surface area contributed by atoms with Crippen molar-refractivity contribution in [1.82, 2.24) is 4.90 Å². The second kappa shape index (κ2) is 7.06. The molecule has 0 aromatic carbocycles. The highest BCUT2D eigenvalue weighted by atomic mass is 32.1. The minimum absolute atomic E-state index is 0.0119. The summed E-state index contributed by atoms with van der Waals surface area (Å²) < 4.78 is 0. The second-order valence-electron chi connectivity index (χ2n) is 3.75. The molecule has 5 heteroatoms. The summed E-state index contributed by atoms with van der Waals surface area (Å²) >= 11 is 1.62. The van der Waals surface area contributed by atoms with Crippen LogP contribution in [-0.2, 0) is 16.0 Å². The van der Waals surface area contributed by atoms with E-state index in [0.29, 0.717) is 19.5 Å². The SMILES string of the molecule is CCN(CCC(=O)O)C(=O)CCc1ccsc1. The lowest BCUT2D eigenvalue weighted by molar-refractivity contribution is -0.138. The fourth-order valence-corrected chi connectivity index (χ4v) is 2.24. The van der Waals surface area contributed by atoms with Gasteiger partial charge in [0.25, 0.3) is 0 Å². The van der Waals surface area contributed by atoms with Crippen molar-refractivity contribution in [3.63, 3.8) is 0 Å². The number of aryl methyl sites for hydroxylation is 1. The summed E-state index contributed by atoms with van der Waals surface area (Å²) in [4.78, 5) is 23.9. The molecule has 0 aliphatic heterocycles. The third-order valence-electron chi connectivity index (χ3n) is 2.54. The predicted molar refractivity (Wildman–Crippen MR) is 67.1 cm³/mol. The van der Waals surface area contributed by atoms with Crippen molar-refractivity contribution in [3.8, 4) is 0 Å². The molecule has 0 saturated carbocycles. The van der Waals surface area contributed by atoms with Crippen molar-refractivity contribution in [3.05, 3.63) is 22.4 Å². The molecule has 1 N–H and O–H groups in total. The average molecular weight is 255 g/mol. The van der Waals surface area contributed by atoms with E-state index in [4.69, 9.17) is 5.11 Å². The number of aliphatic carboxylic acids is 1. The Morgan fingerprint density at radius 3 is 2.71 bits per heavy atom. The number of rotatable bonds is 7. The lowest BCUT2D eigenvalue weighted by atomic mass is 10.2. The summed E-state index contributed by atoms with van der Waals surface area (Å²) in [6, 6.07) is 2.01. The number of hydrogen-bond donors (Lipinski definition) is 1. The second-order valence-corrected chi connectivity index (χ2v) is 4.53. The van der Waals surface area contributed by atoms with Gasteiger partial charge in [0.05, 0.1) is 6.42 Å². The summed E-state index contributed by atoms with van der Waals surface area (Å²) in [7, 11) is 0. The van der Waals surface area contributed by atoms with E-state index in [1.165, 1.54) is 0 Å². The molecule has 1 heterocycles. The van der Waals surface area contributed by atoms with E-state index in [0.717, 1.165) is 12.0 Å². The number of carboxylic acids is 1. The Morgan fingerprint density at radius 2 is 2.18 bits per heavy atom. The van der Waals surface area contributed by atoms with E-state index in [-0.39, 0.29) is 12.3 Å². The van der Waals surface area contributed by atoms with Gasteiger partial charge in [-0.3, -0.25) is 9.59 Å². The summed E-state index contributed by atoms with van der Waals surface area (Å²) in [5.41, 5.74) is 1.16. The number of carboxylic acid groups (broad SMARTS) is 1. The first-order chi connectivity index (χ1) is 8.13. The number of carbonyl (C=O) groups is 2. The lowest BCUT2D eigenvalue weighted by Gasteiger charge is -2.19. The highest BCUT2D eigenvalue weighted by molar-refractivity contribution is 7.07. The smallest absolute Gasteiger partial charge is 0.305 e. The fraction of sp³-hybridized carbons (Fsp3) is 0.500. The third-order valence-corrected chi connectivity index (χ3v) is 3.27. The van der Waals surface area contributed by atoms with E-state index in [1.807, 2.05) is 23.8 Å². The standard InChI is InChI=1S/C12H17NO3S/c1-2-13(7-5-12(15)16)11(14)4-3-10-6-8-17-9-10/h6,8-9H,2-5,7H2,1H3,(H,15,16). The average Bonchev–Trinajstić information content (AvgIpc) is 2.79. The molecule has 0 spiro atoms. The quantitative estimate of drug-likeness (QED) is 0.810. The number of carbonyl (C=O) groups excluding carboxylic acids is 1. The maximum Gasteiger partial charge on any atom is 0.305 e. The van der Waals surface area contributed by atoms with Crippen molar-refractivity contribution >= 4 is 23.2 Å². The van der Waals surface area contributed by atoms with Crippen molar-refractivity contribution in [1.29, 1.82) is 0 Å². The molecule has 4 nitrogen and oxygen atoms in total. The van der Waals surface area contributed by atoms with Crippen molar-refractivity contribution in [2.24, 2.45) is 0 Å². The first-order valence-electron chi connectivity index (χ1n) is 5.64. The van der Waals surface area contributed by atoms with Crippen LogP contribution in [0.5, 0.6) is 0 Å². The molecular formula is C12H17NO3S. The molecular weight excluding hydrogens is 238 g/mol. The van der Waals surface area contributed by atoms with Gasteiger partial charge in [0.15, 0.2) is 0 Å². The van der Waals surface area contributed by atoms with Crippen LogP contribution < -0.4 is 0 Å². The van der Waals surface area contributed by atoms with Crippen molar-refractivity contribution in [2.45, 2.75) is 26.2 Å². The van der Waals surface area contributed by atoms with Gasteiger partial charge in [0.2, 0.25) is 5.91 Å². The Kier molecular flexibility index (Phi) is 5.69. The van der Waals surface area contributed by atoms with E-state index in [9.17, 15) is 9.59 Å². The van der Waals surface area contributed by atoms with Crippen molar-refractivity contribution < 1.29 is 14.7 Å². The number of amides is 1. The van der Waals surface area contributed by atoms with E-state index >= 15 is 0 Å². The van der Waals surface area contributed by atoms with Crippen LogP contribution in [0.2, 0.25) is 0 Å². The Labute approximate surface area is 105 Å². The highest BCUT2D eigenvalue weighted by Gasteiger charge is 2.12. The molecule has 0 saturated heterocycles. The van der Waals surface area contributed by atoms with Gasteiger partial charge in [-0.15, -0.1) is 0 Å². The maximum absolute atomic E-state index is 11.8. The highest BCUT2D eigenvalue weighted by Crippen LogP contribution is 2.09. The minimum Gasteiger partial charge on any atom is -0.481 e. The lowest BCUT2D eigenvalue weighted by Crippen LogP contribution is -2.32. The van der Waals surface area contributed by atoms with Gasteiger partial charge in [-0.05, 0) is 35.7 Å². The zero-order valence-corrected chi connectivity index (χ0v) is 10.7.